The number of piperidine rings is 1. The van der Waals surface area contributed by atoms with Crippen LogP contribution in [-0.2, 0) is 11.2 Å². The number of amides is 1. The van der Waals surface area contributed by atoms with E-state index in [-0.39, 0.29) is 18.3 Å². The molecule has 2 saturated heterocycles. The average molecular weight is 383 g/mol. The summed E-state index contributed by atoms with van der Waals surface area (Å²) in [6, 6.07) is 5.48. The maximum atomic E-state index is 12.1. The van der Waals surface area contributed by atoms with Gasteiger partial charge in [0.2, 0.25) is 17.6 Å². The lowest BCUT2D eigenvalue weighted by Crippen LogP contribution is -2.48. The molecule has 1 amide bonds. The van der Waals surface area contributed by atoms with Gasteiger partial charge in [-0.1, -0.05) is 11.2 Å². The maximum Gasteiger partial charge on any atom is 0.226 e. The molecule has 2 aromatic rings. The van der Waals surface area contributed by atoms with E-state index >= 15 is 0 Å². The average Bonchev–Trinajstić information content (AvgIpc) is 3.28. The van der Waals surface area contributed by atoms with Crippen LogP contribution in [0.5, 0.6) is 0 Å². The molecule has 0 radical (unpaired) electrons. The number of fused-ring (bicyclic) bond motifs is 2. The van der Waals surface area contributed by atoms with Crippen LogP contribution in [0.3, 0.4) is 0 Å². The second-order valence-corrected chi connectivity index (χ2v) is 7.66. The van der Waals surface area contributed by atoms with Gasteiger partial charge in [0, 0.05) is 31.0 Å². The van der Waals surface area contributed by atoms with Crippen LogP contribution in [0.4, 0.5) is 0 Å². The first kappa shape index (κ1) is 18.4. The third kappa shape index (κ3) is 4.59. The molecule has 4 heterocycles. The van der Waals surface area contributed by atoms with Crippen LogP contribution in [-0.4, -0.2) is 34.2 Å². The Bertz CT molecular complexity index is 679. The fraction of sp³-hybridized carbons (Fsp3) is 0.588. The topological polar surface area (TPSA) is 80.0 Å². The first-order valence-corrected chi connectivity index (χ1v) is 9.56. The maximum absolute atomic E-state index is 12.1. The quantitative estimate of drug-likeness (QED) is 0.802. The van der Waals surface area contributed by atoms with E-state index in [0.717, 1.165) is 24.1 Å². The Kier molecular flexibility index (Phi) is 6.09. The Hall–Kier alpha value is -1.44. The zero-order valence-corrected chi connectivity index (χ0v) is 15.6. The molecule has 2 aromatic heterocycles. The molecule has 8 heteroatoms. The number of carbonyl (C=O) groups excluding carboxylic acids is 1. The number of rotatable bonds is 6. The third-order valence-electron chi connectivity index (χ3n) is 4.84. The van der Waals surface area contributed by atoms with E-state index in [9.17, 15) is 4.79 Å². The van der Waals surface area contributed by atoms with Crippen molar-refractivity contribution in [3.63, 3.8) is 0 Å². The predicted octanol–water partition coefficient (Wildman–Crippen LogP) is 2.94. The first-order valence-electron chi connectivity index (χ1n) is 8.68. The van der Waals surface area contributed by atoms with E-state index in [1.54, 1.807) is 11.3 Å². The van der Waals surface area contributed by atoms with Crippen LogP contribution in [0.25, 0.3) is 10.7 Å². The van der Waals surface area contributed by atoms with Gasteiger partial charge in [0.1, 0.15) is 0 Å². The molecule has 6 nitrogen and oxygen atoms in total. The Labute approximate surface area is 157 Å². The predicted molar refractivity (Wildman–Crippen MR) is 98.9 cm³/mol. The van der Waals surface area contributed by atoms with Crippen LogP contribution >= 0.6 is 23.7 Å². The largest absolute Gasteiger partial charge is 0.353 e. The normalized spacial score (nSPS) is 24.7. The summed E-state index contributed by atoms with van der Waals surface area (Å²) < 4.78 is 5.26. The minimum atomic E-state index is 0. The van der Waals surface area contributed by atoms with Crippen LogP contribution in [0.2, 0.25) is 0 Å². The summed E-state index contributed by atoms with van der Waals surface area (Å²) in [5.74, 6) is 1.38. The lowest BCUT2D eigenvalue weighted by molar-refractivity contribution is -0.122. The van der Waals surface area contributed by atoms with E-state index in [1.165, 1.54) is 12.8 Å². The Morgan fingerprint density at radius 2 is 2.16 bits per heavy atom. The molecule has 2 fully saturated rings. The molecule has 0 aliphatic carbocycles. The number of carbonyl (C=O) groups is 1. The monoisotopic (exact) mass is 382 g/mol. The van der Waals surface area contributed by atoms with Crippen molar-refractivity contribution in [2.75, 3.05) is 0 Å². The third-order valence-corrected chi connectivity index (χ3v) is 5.71. The highest BCUT2D eigenvalue weighted by Crippen LogP contribution is 2.27. The summed E-state index contributed by atoms with van der Waals surface area (Å²) >= 11 is 1.59. The second kappa shape index (κ2) is 8.29. The highest BCUT2D eigenvalue weighted by molar-refractivity contribution is 7.13. The van der Waals surface area contributed by atoms with Gasteiger partial charge in [0.15, 0.2) is 0 Å². The van der Waals surface area contributed by atoms with Gasteiger partial charge in [-0.15, -0.1) is 23.7 Å². The van der Waals surface area contributed by atoms with Crippen LogP contribution in [0.1, 0.15) is 44.4 Å². The van der Waals surface area contributed by atoms with E-state index in [0.29, 0.717) is 42.7 Å². The molecule has 0 saturated carbocycles. The van der Waals surface area contributed by atoms with Gasteiger partial charge in [-0.05, 0) is 43.6 Å². The highest BCUT2D eigenvalue weighted by atomic mass is 35.5. The molecule has 2 bridgehead atoms. The molecular formula is C17H23ClN4O2S. The smallest absolute Gasteiger partial charge is 0.226 e. The standard InChI is InChI=1S/C17H22N4O2S.ClH/c22-15(19-13-9-11-6-7-12(10-13)18-11)4-1-5-16-20-17(21-23-16)14-3-2-8-24-14;/h2-3,8,11-13,18H,1,4-7,9-10H2,(H,19,22);1H. The summed E-state index contributed by atoms with van der Waals surface area (Å²) in [4.78, 5) is 17.5. The van der Waals surface area contributed by atoms with Crippen molar-refractivity contribution < 1.29 is 9.32 Å². The molecule has 0 spiro atoms. The van der Waals surface area contributed by atoms with Gasteiger partial charge < -0.3 is 15.2 Å². The van der Waals surface area contributed by atoms with E-state index < -0.39 is 0 Å². The van der Waals surface area contributed by atoms with E-state index in [1.807, 2.05) is 17.5 Å². The lowest BCUT2D eigenvalue weighted by atomic mass is 9.99. The molecule has 136 valence electrons. The Balaban J connectivity index is 0.00000182. The number of hydrogen-bond acceptors (Lipinski definition) is 6. The number of nitrogens with zero attached hydrogens (tertiary/aromatic N) is 2. The van der Waals surface area contributed by atoms with Crippen molar-refractivity contribution in [3.8, 4) is 10.7 Å². The van der Waals surface area contributed by atoms with E-state index in [2.05, 4.69) is 20.8 Å². The number of aromatic nitrogens is 2. The van der Waals surface area contributed by atoms with Crippen molar-refractivity contribution >= 4 is 29.7 Å². The molecule has 2 N–H and O–H groups in total. The van der Waals surface area contributed by atoms with Crippen molar-refractivity contribution in [2.24, 2.45) is 0 Å². The first-order chi connectivity index (χ1) is 11.8. The summed E-state index contributed by atoms with van der Waals surface area (Å²) in [5.41, 5.74) is 0. The molecular weight excluding hydrogens is 360 g/mol. The summed E-state index contributed by atoms with van der Waals surface area (Å²) in [6.45, 7) is 0. The summed E-state index contributed by atoms with van der Waals surface area (Å²) in [7, 11) is 0. The Morgan fingerprint density at radius 1 is 1.36 bits per heavy atom. The van der Waals surface area contributed by atoms with Crippen molar-refractivity contribution in [1.29, 1.82) is 0 Å². The molecule has 2 atom stereocenters. The Morgan fingerprint density at radius 3 is 2.88 bits per heavy atom. The molecule has 2 unspecified atom stereocenters. The zero-order chi connectivity index (χ0) is 16.4. The van der Waals surface area contributed by atoms with Crippen molar-refractivity contribution in [2.45, 2.75) is 63.1 Å². The van der Waals surface area contributed by atoms with Gasteiger partial charge in [-0.25, -0.2) is 0 Å². The SMILES string of the molecule is Cl.O=C(CCCc1nc(-c2cccs2)no1)NC1CC2CCC(C1)N2. The number of halogens is 1. The van der Waals surface area contributed by atoms with Crippen LogP contribution < -0.4 is 10.6 Å². The van der Waals surface area contributed by atoms with Gasteiger partial charge in [0.05, 0.1) is 4.88 Å². The summed E-state index contributed by atoms with van der Waals surface area (Å²) in [5, 5.41) is 12.8. The molecule has 0 aromatic carbocycles. The summed E-state index contributed by atoms with van der Waals surface area (Å²) in [6.07, 6.45) is 6.52. The fourth-order valence-corrected chi connectivity index (χ4v) is 4.39. The van der Waals surface area contributed by atoms with Gasteiger partial charge in [-0.2, -0.15) is 4.98 Å². The molecule has 2 aliphatic heterocycles. The highest BCUT2D eigenvalue weighted by Gasteiger charge is 2.33. The molecule has 4 rings (SSSR count). The molecule has 25 heavy (non-hydrogen) atoms. The van der Waals surface area contributed by atoms with E-state index in [4.69, 9.17) is 4.52 Å². The van der Waals surface area contributed by atoms with Gasteiger partial charge in [0.25, 0.3) is 0 Å². The lowest BCUT2D eigenvalue weighted by Gasteiger charge is -2.29. The second-order valence-electron chi connectivity index (χ2n) is 6.72. The minimum absolute atomic E-state index is 0. The number of hydrogen-bond donors (Lipinski definition) is 2. The number of aryl methyl sites for hydroxylation is 1. The number of nitrogens with one attached hydrogen (secondary N) is 2. The minimum Gasteiger partial charge on any atom is -0.353 e. The van der Waals surface area contributed by atoms with Gasteiger partial charge in [-0.3, -0.25) is 4.79 Å². The zero-order valence-electron chi connectivity index (χ0n) is 13.9. The van der Waals surface area contributed by atoms with Crippen LogP contribution in [0.15, 0.2) is 22.0 Å². The fourth-order valence-electron chi connectivity index (χ4n) is 3.74. The number of thiophene rings is 1. The van der Waals surface area contributed by atoms with Gasteiger partial charge >= 0.3 is 0 Å². The van der Waals surface area contributed by atoms with Crippen molar-refractivity contribution in [3.05, 3.63) is 23.4 Å². The molecule has 2 aliphatic rings. The van der Waals surface area contributed by atoms with Crippen LogP contribution in [0, 0.1) is 0 Å². The van der Waals surface area contributed by atoms with Crippen molar-refractivity contribution in [1.82, 2.24) is 20.8 Å².